The zero-order chi connectivity index (χ0) is 28.3. The lowest BCUT2D eigenvalue weighted by Gasteiger charge is -2.14. The van der Waals surface area contributed by atoms with E-state index in [1.807, 2.05) is 84.9 Å². The van der Waals surface area contributed by atoms with Crippen LogP contribution in [0.25, 0.3) is 67.2 Å². The first-order valence-corrected chi connectivity index (χ1v) is 13.8. The van der Waals surface area contributed by atoms with Crippen molar-refractivity contribution in [2.75, 3.05) is 0 Å². The molecule has 0 bridgehead atoms. The van der Waals surface area contributed by atoms with Crippen molar-refractivity contribution in [3.63, 3.8) is 0 Å². The number of hydrogen-bond acceptors (Lipinski definition) is 4. The Hall–Kier alpha value is -5.92. The molecule has 6 aromatic carbocycles. The highest BCUT2D eigenvalue weighted by Gasteiger charge is 2.15. The minimum absolute atomic E-state index is 0.622. The largest absolute Gasteiger partial charge is 0.208 e. The quantitative estimate of drug-likeness (QED) is 0.220. The maximum absolute atomic E-state index is 9.28. The zero-order valence-corrected chi connectivity index (χ0v) is 22.6. The fraction of sp³-hybridized carbons (Fsp3) is 0. The van der Waals surface area contributed by atoms with Gasteiger partial charge in [-0.1, -0.05) is 127 Å². The van der Waals surface area contributed by atoms with Crippen LogP contribution in [0.2, 0.25) is 0 Å². The summed E-state index contributed by atoms with van der Waals surface area (Å²) in [6.45, 7) is 0. The molecule has 0 N–H and O–H groups in total. The Balaban J connectivity index is 1.39. The van der Waals surface area contributed by atoms with Gasteiger partial charge in [0, 0.05) is 16.7 Å². The second-order valence-electron chi connectivity index (χ2n) is 10.0. The topological polar surface area (TPSA) is 62.5 Å². The molecule has 42 heavy (non-hydrogen) atoms. The third kappa shape index (κ3) is 4.81. The van der Waals surface area contributed by atoms with Gasteiger partial charge in [0.25, 0.3) is 0 Å². The number of rotatable bonds is 5. The predicted octanol–water partition coefficient (Wildman–Crippen LogP) is 9.23. The summed E-state index contributed by atoms with van der Waals surface area (Å²) in [5, 5.41) is 11.6. The number of hydrogen-bond donors (Lipinski definition) is 0. The van der Waals surface area contributed by atoms with Crippen LogP contribution in [0.4, 0.5) is 0 Å². The van der Waals surface area contributed by atoms with Crippen molar-refractivity contribution in [3.05, 3.63) is 151 Å². The second kappa shape index (κ2) is 10.9. The van der Waals surface area contributed by atoms with Gasteiger partial charge in [0.15, 0.2) is 17.5 Å². The Bertz CT molecular complexity index is 2010. The Labute approximate surface area is 244 Å². The summed E-state index contributed by atoms with van der Waals surface area (Å²) >= 11 is 0. The van der Waals surface area contributed by atoms with Crippen molar-refractivity contribution in [1.82, 2.24) is 15.0 Å². The summed E-state index contributed by atoms with van der Waals surface area (Å²) in [5.74, 6) is 1.90. The Kier molecular flexibility index (Phi) is 6.52. The van der Waals surface area contributed by atoms with E-state index < -0.39 is 0 Å². The van der Waals surface area contributed by atoms with Gasteiger partial charge in [0.1, 0.15) is 0 Å². The van der Waals surface area contributed by atoms with Crippen molar-refractivity contribution in [2.24, 2.45) is 0 Å². The highest BCUT2D eigenvalue weighted by Crippen LogP contribution is 2.37. The van der Waals surface area contributed by atoms with Crippen LogP contribution in [0, 0.1) is 11.3 Å². The van der Waals surface area contributed by atoms with E-state index >= 15 is 0 Å². The summed E-state index contributed by atoms with van der Waals surface area (Å²) in [4.78, 5) is 14.7. The molecule has 0 amide bonds. The van der Waals surface area contributed by atoms with Gasteiger partial charge in [-0.15, -0.1) is 0 Å². The molecule has 1 heterocycles. The van der Waals surface area contributed by atoms with Gasteiger partial charge in [-0.2, -0.15) is 5.26 Å². The maximum atomic E-state index is 9.28. The average molecular weight is 537 g/mol. The van der Waals surface area contributed by atoms with Crippen molar-refractivity contribution < 1.29 is 0 Å². The number of aromatic nitrogens is 3. The van der Waals surface area contributed by atoms with E-state index in [1.54, 1.807) is 0 Å². The van der Waals surface area contributed by atoms with Gasteiger partial charge in [0.05, 0.1) is 11.6 Å². The van der Waals surface area contributed by atoms with Crippen molar-refractivity contribution in [3.8, 4) is 62.5 Å². The van der Waals surface area contributed by atoms with E-state index in [1.165, 1.54) is 0 Å². The molecule has 0 spiro atoms. The molecule has 0 aliphatic heterocycles. The molecule has 0 atom stereocenters. The molecule has 0 saturated carbocycles. The molecular weight excluding hydrogens is 512 g/mol. The molecule has 7 rings (SSSR count). The SMILES string of the molecule is N#Cc1ccc(-c2cccc3cccc(-c4cccc(-c5nc(-c6ccccc6)nc(-c6ccccc6)n5)c4)c23)cc1. The number of fused-ring (bicyclic) bond motifs is 1. The van der Waals surface area contributed by atoms with Gasteiger partial charge in [-0.3, -0.25) is 0 Å². The fourth-order valence-electron chi connectivity index (χ4n) is 5.31. The minimum Gasteiger partial charge on any atom is -0.208 e. The number of nitriles is 1. The van der Waals surface area contributed by atoms with Crippen LogP contribution < -0.4 is 0 Å². The Morgan fingerprint density at radius 3 is 1.45 bits per heavy atom. The van der Waals surface area contributed by atoms with Gasteiger partial charge < -0.3 is 0 Å². The molecule has 0 saturated heterocycles. The van der Waals surface area contributed by atoms with Crippen LogP contribution in [0.1, 0.15) is 5.56 Å². The van der Waals surface area contributed by atoms with E-state index in [-0.39, 0.29) is 0 Å². The summed E-state index contributed by atoms with van der Waals surface area (Å²) in [6, 6.07) is 51.2. The lowest BCUT2D eigenvalue weighted by Crippen LogP contribution is -2.00. The van der Waals surface area contributed by atoms with E-state index in [0.717, 1.165) is 49.7 Å². The van der Waals surface area contributed by atoms with Gasteiger partial charge in [-0.25, -0.2) is 15.0 Å². The standard InChI is InChI=1S/C38H24N4/c39-25-26-20-22-27(23-21-26)33-18-8-14-28-15-9-19-34(35(28)33)31-16-7-17-32(24-31)38-41-36(29-10-3-1-4-11-29)40-37(42-38)30-12-5-2-6-13-30/h1-24H. The minimum atomic E-state index is 0.622. The summed E-state index contributed by atoms with van der Waals surface area (Å²) in [6.07, 6.45) is 0. The van der Waals surface area contributed by atoms with Crippen molar-refractivity contribution in [1.29, 1.82) is 5.26 Å². The number of benzene rings is 6. The van der Waals surface area contributed by atoms with E-state index in [4.69, 9.17) is 15.0 Å². The van der Waals surface area contributed by atoms with Crippen LogP contribution >= 0.6 is 0 Å². The lowest BCUT2D eigenvalue weighted by atomic mass is 9.91. The molecule has 0 aliphatic carbocycles. The monoisotopic (exact) mass is 536 g/mol. The van der Waals surface area contributed by atoms with Crippen molar-refractivity contribution >= 4 is 10.8 Å². The van der Waals surface area contributed by atoms with Gasteiger partial charge in [-0.05, 0) is 51.2 Å². The van der Waals surface area contributed by atoms with Crippen LogP contribution in [0.3, 0.4) is 0 Å². The molecule has 196 valence electrons. The fourth-order valence-corrected chi connectivity index (χ4v) is 5.31. The molecule has 1 aromatic heterocycles. The first-order chi connectivity index (χ1) is 20.8. The van der Waals surface area contributed by atoms with Crippen LogP contribution in [-0.4, -0.2) is 15.0 Å². The summed E-state index contributed by atoms with van der Waals surface area (Å²) in [5.41, 5.74) is 7.82. The van der Waals surface area contributed by atoms with E-state index in [2.05, 4.69) is 66.7 Å². The molecule has 0 aliphatic rings. The second-order valence-corrected chi connectivity index (χ2v) is 10.0. The summed E-state index contributed by atoms with van der Waals surface area (Å²) in [7, 11) is 0. The van der Waals surface area contributed by atoms with E-state index in [9.17, 15) is 5.26 Å². The first kappa shape index (κ1) is 25.1. The van der Waals surface area contributed by atoms with Crippen LogP contribution in [-0.2, 0) is 0 Å². The number of nitrogens with zero attached hydrogens (tertiary/aromatic N) is 4. The van der Waals surface area contributed by atoms with Crippen LogP contribution in [0.5, 0.6) is 0 Å². The smallest absolute Gasteiger partial charge is 0.164 e. The highest BCUT2D eigenvalue weighted by atomic mass is 15.0. The Morgan fingerprint density at radius 1 is 0.405 bits per heavy atom. The molecular formula is C38H24N4. The molecule has 0 radical (unpaired) electrons. The average Bonchev–Trinajstić information content (AvgIpc) is 3.08. The summed E-state index contributed by atoms with van der Waals surface area (Å²) < 4.78 is 0. The Morgan fingerprint density at radius 2 is 0.881 bits per heavy atom. The van der Waals surface area contributed by atoms with E-state index in [0.29, 0.717) is 23.0 Å². The first-order valence-electron chi connectivity index (χ1n) is 13.8. The maximum Gasteiger partial charge on any atom is 0.164 e. The van der Waals surface area contributed by atoms with Crippen molar-refractivity contribution in [2.45, 2.75) is 0 Å². The van der Waals surface area contributed by atoms with Gasteiger partial charge in [0.2, 0.25) is 0 Å². The normalized spacial score (nSPS) is 10.8. The molecule has 4 heteroatoms. The predicted molar refractivity (Wildman–Crippen MR) is 169 cm³/mol. The van der Waals surface area contributed by atoms with Gasteiger partial charge >= 0.3 is 0 Å². The third-order valence-corrected chi connectivity index (χ3v) is 7.36. The molecule has 0 unspecified atom stereocenters. The third-order valence-electron chi connectivity index (χ3n) is 7.36. The molecule has 4 nitrogen and oxygen atoms in total. The lowest BCUT2D eigenvalue weighted by molar-refractivity contribution is 1.07. The molecule has 0 fully saturated rings. The molecule has 7 aromatic rings. The van der Waals surface area contributed by atoms with Crippen LogP contribution in [0.15, 0.2) is 146 Å². The zero-order valence-electron chi connectivity index (χ0n) is 22.6. The highest BCUT2D eigenvalue weighted by molar-refractivity contribution is 6.06.